The Bertz CT molecular complexity index is 707. The van der Waals surface area contributed by atoms with E-state index in [0.717, 1.165) is 23.0 Å². The molecule has 0 bridgehead atoms. The van der Waals surface area contributed by atoms with Crippen molar-refractivity contribution < 1.29 is 0 Å². The second kappa shape index (κ2) is 5.87. The molecule has 2 heterocycles. The summed E-state index contributed by atoms with van der Waals surface area (Å²) in [6.45, 7) is 4.35. The number of para-hydroxylation sites is 1. The maximum atomic E-state index is 4.47. The number of hydrogen-bond donors (Lipinski definition) is 2. The summed E-state index contributed by atoms with van der Waals surface area (Å²) < 4.78 is 0. The van der Waals surface area contributed by atoms with E-state index in [4.69, 9.17) is 0 Å². The van der Waals surface area contributed by atoms with Gasteiger partial charge in [0.1, 0.15) is 0 Å². The molecule has 6 heteroatoms. The molecule has 1 unspecified atom stereocenters. The molecule has 0 aliphatic carbocycles. The number of aromatic amines is 1. The van der Waals surface area contributed by atoms with Gasteiger partial charge >= 0.3 is 0 Å². The molecule has 2 N–H and O–H groups in total. The van der Waals surface area contributed by atoms with Crippen LogP contribution < -0.4 is 5.32 Å². The molecule has 0 aliphatic heterocycles. The van der Waals surface area contributed by atoms with Crippen molar-refractivity contribution in [2.45, 2.75) is 26.3 Å². The normalized spacial score (nSPS) is 12.7. The number of fused-ring (bicyclic) bond motifs is 1. The summed E-state index contributed by atoms with van der Waals surface area (Å²) in [5.74, 6) is 1.20. The molecule has 0 radical (unpaired) electrons. The van der Waals surface area contributed by atoms with Crippen molar-refractivity contribution in [3.63, 3.8) is 0 Å². The minimum atomic E-state index is 0.0201. The lowest BCUT2D eigenvalue weighted by molar-refractivity contribution is 0.515. The monoisotopic (exact) mass is 282 g/mol. The van der Waals surface area contributed by atoms with Crippen molar-refractivity contribution in [2.75, 3.05) is 5.32 Å². The van der Waals surface area contributed by atoms with Gasteiger partial charge in [-0.3, -0.25) is 4.98 Å². The van der Waals surface area contributed by atoms with Gasteiger partial charge in [0, 0.05) is 5.39 Å². The smallest absolute Gasteiger partial charge is 0.196 e. The van der Waals surface area contributed by atoms with Crippen LogP contribution in [0.2, 0.25) is 0 Å². The Morgan fingerprint density at radius 3 is 2.86 bits per heavy atom. The van der Waals surface area contributed by atoms with E-state index in [0.29, 0.717) is 11.7 Å². The van der Waals surface area contributed by atoms with E-state index < -0.39 is 0 Å². The largest absolute Gasteiger partial charge is 0.374 e. The molecular weight excluding hydrogens is 264 g/mol. The zero-order chi connectivity index (χ0) is 14.7. The molecule has 0 aliphatic rings. The van der Waals surface area contributed by atoms with Gasteiger partial charge in [-0.1, -0.05) is 37.3 Å². The molecule has 3 rings (SSSR count). The summed E-state index contributed by atoms with van der Waals surface area (Å²) in [5.41, 5.74) is 1.95. The first-order valence-corrected chi connectivity index (χ1v) is 7.07. The van der Waals surface area contributed by atoms with Gasteiger partial charge in [0.25, 0.3) is 0 Å². The number of rotatable bonds is 5. The molecule has 3 aromatic rings. The van der Waals surface area contributed by atoms with Gasteiger partial charge in [-0.2, -0.15) is 5.21 Å². The molecular formula is C15H18N6. The quantitative estimate of drug-likeness (QED) is 0.752. The number of tetrazole rings is 1. The van der Waals surface area contributed by atoms with Gasteiger partial charge < -0.3 is 5.32 Å². The Hall–Kier alpha value is -2.50. The second-order valence-electron chi connectivity index (χ2n) is 5.51. The number of benzene rings is 1. The Kier molecular flexibility index (Phi) is 3.77. The maximum Gasteiger partial charge on any atom is 0.196 e. The van der Waals surface area contributed by atoms with Crippen molar-refractivity contribution in [3.8, 4) is 0 Å². The van der Waals surface area contributed by atoms with Gasteiger partial charge in [0.2, 0.25) is 0 Å². The highest BCUT2D eigenvalue weighted by Gasteiger charge is 2.17. The molecule has 0 saturated heterocycles. The summed E-state index contributed by atoms with van der Waals surface area (Å²) in [7, 11) is 0. The van der Waals surface area contributed by atoms with Crippen LogP contribution in [-0.4, -0.2) is 25.6 Å². The lowest BCUT2D eigenvalue weighted by Gasteiger charge is -2.18. The summed E-state index contributed by atoms with van der Waals surface area (Å²) >= 11 is 0. The van der Waals surface area contributed by atoms with E-state index >= 15 is 0 Å². The molecule has 108 valence electrons. The third kappa shape index (κ3) is 3.16. The number of pyridine rings is 1. The first-order valence-electron chi connectivity index (χ1n) is 7.07. The third-order valence-electron chi connectivity index (χ3n) is 3.31. The summed E-state index contributed by atoms with van der Waals surface area (Å²) in [6.07, 6.45) is 2.77. The Balaban J connectivity index is 1.86. The fourth-order valence-electron chi connectivity index (χ4n) is 2.37. The molecule has 21 heavy (non-hydrogen) atoms. The molecule has 1 aromatic carbocycles. The van der Waals surface area contributed by atoms with Crippen molar-refractivity contribution in [1.82, 2.24) is 25.6 Å². The number of hydrogen-bond acceptors (Lipinski definition) is 5. The van der Waals surface area contributed by atoms with Crippen LogP contribution in [0.25, 0.3) is 10.9 Å². The molecule has 0 amide bonds. The van der Waals surface area contributed by atoms with Gasteiger partial charge in [-0.15, -0.1) is 10.2 Å². The topological polar surface area (TPSA) is 79.4 Å². The zero-order valence-corrected chi connectivity index (χ0v) is 12.1. The van der Waals surface area contributed by atoms with E-state index in [1.807, 2.05) is 24.4 Å². The van der Waals surface area contributed by atoms with Crippen molar-refractivity contribution in [1.29, 1.82) is 0 Å². The standard InChI is InChI=1S/C15H18N6/c1-10(2)7-14(15-18-20-21-19-15)17-12-8-11-5-3-4-6-13(11)16-9-12/h3-6,8-10,14,17H,7H2,1-2H3,(H,18,19,20,21). The summed E-state index contributed by atoms with van der Waals surface area (Å²) in [4.78, 5) is 4.47. The molecule has 2 aromatic heterocycles. The molecule has 0 fully saturated rings. The van der Waals surface area contributed by atoms with Crippen LogP contribution >= 0.6 is 0 Å². The zero-order valence-electron chi connectivity index (χ0n) is 12.1. The average Bonchev–Trinajstić information content (AvgIpc) is 3.00. The fourth-order valence-corrected chi connectivity index (χ4v) is 2.37. The maximum absolute atomic E-state index is 4.47. The minimum Gasteiger partial charge on any atom is -0.374 e. The minimum absolute atomic E-state index is 0.0201. The Morgan fingerprint density at radius 1 is 1.24 bits per heavy atom. The number of anilines is 1. The number of nitrogens with zero attached hydrogens (tertiary/aromatic N) is 4. The first kappa shape index (κ1) is 13.5. The van der Waals surface area contributed by atoms with Crippen molar-refractivity contribution in [3.05, 3.63) is 42.4 Å². The van der Waals surface area contributed by atoms with E-state index in [-0.39, 0.29) is 6.04 Å². The van der Waals surface area contributed by atoms with E-state index in [1.54, 1.807) is 0 Å². The number of nitrogens with one attached hydrogen (secondary N) is 2. The molecule has 1 atom stereocenters. The SMILES string of the molecule is CC(C)CC(Nc1cnc2ccccc2c1)c1nn[nH]n1. The Labute approximate surface area is 123 Å². The van der Waals surface area contributed by atoms with Crippen molar-refractivity contribution in [2.24, 2.45) is 5.92 Å². The Morgan fingerprint density at radius 2 is 2.10 bits per heavy atom. The van der Waals surface area contributed by atoms with E-state index in [2.05, 4.69) is 56.9 Å². The highest BCUT2D eigenvalue weighted by Crippen LogP contribution is 2.24. The van der Waals surface area contributed by atoms with E-state index in [9.17, 15) is 0 Å². The highest BCUT2D eigenvalue weighted by atomic mass is 15.5. The van der Waals surface area contributed by atoms with Gasteiger partial charge in [-0.05, 0) is 24.5 Å². The lowest BCUT2D eigenvalue weighted by Crippen LogP contribution is -2.15. The van der Waals surface area contributed by atoms with Crippen LogP contribution in [0.5, 0.6) is 0 Å². The highest BCUT2D eigenvalue weighted by molar-refractivity contribution is 5.81. The first-order chi connectivity index (χ1) is 10.2. The van der Waals surface area contributed by atoms with Crippen molar-refractivity contribution >= 4 is 16.6 Å². The van der Waals surface area contributed by atoms with Crippen LogP contribution in [0, 0.1) is 5.92 Å². The average molecular weight is 282 g/mol. The van der Waals surface area contributed by atoms with Gasteiger partial charge in [0.15, 0.2) is 5.82 Å². The van der Waals surface area contributed by atoms with Gasteiger partial charge in [0.05, 0.1) is 23.4 Å². The predicted octanol–water partition coefficient (Wildman–Crippen LogP) is 2.95. The van der Waals surface area contributed by atoms with Crippen LogP contribution in [0.15, 0.2) is 36.5 Å². The predicted molar refractivity (Wildman–Crippen MR) is 81.7 cm³/mol. The number of aromatic nitrogens is 5. The molecule has 0 saturated carbocycles. The second-order valence-corrected chi connectivity index (χ2v) is 5.51. The fraction of sp³-hybridized carbons (Fsp3) is 0.333. The third-order valence-corrected chi connectivity index (χ3v) is 3.31. The summed E-state index contributed by atoms with van der Waals surface area (Å²) in [5, 5.41) is 18.9. The van der Waals surface area contributed by atoms with Crippen LogP contribution in [0.1, 0.15) is 32.1 Å². The van der Waals surface area contributed by atoms with Crippen LogP contribution in [-0.2, 0) is 0 Å². The lowest BCUT2D eigenvalue weighted by atomic mass is 10.0. The van der Waals surface area contributed by atoms with E-state index in [1.165, 1.54) is 0 Å². The van der Waals surface area contributed by atoms with Crippen LogP contribution in [0.4, 0.5) is 5.69 Å². The molecule has 0 spiro atoms. The van der Waals surface area contributed by atoms with Gasteiger partial charge in [-0.25, -0.2) is 0 Å². The summed E-state index contributed by atoms with van der Waals surface area (Å²) in [6, 6.07) is 10.2. The molecule has 6 nitrogen and oxygen atoms in total. The van der Waals surface area contributed by atoms with Crippen LogP contribution in [0.3, 0.4) is 0 Å². The number of H-pyrrole nitrogens is 1.